The summed E-state index contributed by atoms with van der Waals surface area (Å²) in [5, 5.41) is 5.50. The van der Waals surface area contributed by atoms with E-state index in [1.807, 2.05) is 0 Å². The average Bonchev–Trinajstić information content (AvgIpc) is 3.26. The third-order valence-corrected chi connectivity index (χ3v) is 4.43. The van der Waals surface area contributed by atoms with E-state index in [0.717, 1.165) is 9.52 Å². The van der Waals surface area contributed by atoms with E-state index in [2.05, 4.69) is 99.7 Å². The Morgan fingerprint density at radius 3 is 1.30 bits per heavy atom. The van der Waals surface area contributed by atoms with E-state index in [0.29, 0.717) is 0 Å². The minimum absolute atomic E-state index is 0. The van der Waals surface area contributed by atoms with Crippen molar-refractivity contribution >= 4 is 31.1 Å². The average molecular weight is 718 g/mol. The third-order valence-electron chi connectivity index (χ3n) is 4.43. The van der Waals surface area contributed by atoms with E-state index in [4.69, 9.17) is 0 Å². The van der Waals surface area contributed by atoms with Crippen LogP contribution in [0.15, 0.2) is 72.8 Å². The molecule has 0 bridgehead atoms. The number of benzene rings is 2. The first kappa shape index (κ1) is 32.4. The quantitative estimate of drug-likeness (QED) is 0.172. The minimum Gasteiger partial charge on any atom is -1.00 e. The third kappa shape index (κ3) is 10.7. The molecule has 0 saturated carbocycles. The molecule has 0 amide bonds. The summed E-state index contributed by atoms with van der Waals surface area (Å²) in [6.07, 6.45) is 4.87. The molecule has 30 heavy (non-hydrogen) atoms. The Hall–Kier alpha value is 0.220. The Balaban J connectivity index is 0. The summed E-state index contributed by atoms with van der Waals surface area (Å²) in [6, 6.07) is 26.2. The fourth-order valence-electron chi connectivity index (χ4n) is 3.30. The molecule has 4 rings (SSSR count). The summed E-state index contributed by atoms with van der Waals surface area (Å²) >= 11 is 0. The molecule has 0 unspecified atom stereocenters. The largest absolute Gasteiger partial charge is 4.00 e. The predicted octanol–water partition coefficient (Wildman–Crippen LogP) is 1.81. The normalized spacial score (nSPS) is 9.20. The molecule has 0 N–H and O–H groups in total. The van der Waals surface area contributed by atoms with Crippen LogP contribution in [0.5, 0.6) is 0 Å². The van der Waals surface area contributed by atoms with Crippen molar-refractivity contribution in [2.24, 2.45) is 0 Å². The zero-order chi connectivity index (χ0) is 19.5. The van der Waals surface area contributed by atoms with Crippen molar-refractivity contribution in [2.45, 2.75) is 52.6 Å². The molecule has 0 nitrogen and oxygen atoms in total. The molecule has 0 fully saturated rings. The molecule has 0 atom stereocenters. The van der Waals surface area contributed by atoms with Gasteiger partial charge in [-0.25, -0.2) is 0 Å². The number of aryl methyl sites for hydroxylation is 2. The maximum atomic E-state index is 2.29. The van der Waals surface area contributed by atoms with Crippen LogP contribution in [0.1, 0.15) is 37.8 Å². The zero-order valence-corrected chi connectivity index (χ0v) is 26.3. The zero-order valence-electron chi connectivity index (χ0n) is 18.5. The molecule has 158 valence electrons. The van der Waals surface area contributed by atoms with Crippen molar-refractivity contribution in [1.82, 2.24) is 0 Å². The molecule has 0 aliphatic carbocycles. The van der Waals surface area contributed by atoms with Gasteiger partial charge in [-0.1, -0.05) is 51.9 Å². The van der Waals surface area contributed by atoms with Crippen molar-refractivity contribution < 1.29 is 74.2 Å². The minimum atomic E-state index is 0. The van der Waals surface area contributed by atoms with E-state index < -0.39 is 0 Å². The second-order valence-corrected chi connectivity index (χ2v) is 7.99. The summed E-state index contributed by atoms with van der Waals surface area (Å²) in [6.45, 7) is 8.75. The van der Waals surface area contributed by atoms with Gasteiger partial charge in [0.1, 0.15) is 0 Å². The number of rotatable bonds is 4. The van der Waals surface area contributed by atoms with Crippen LogP contribution in [-0.2, 0) is 39.0 Å². The molecular weight excluding hydrogens is 685 g/mol. The van der Waals surface area contributed by atoms with E-state index in [9.17, 15) is 0 Å². The van der Waals surface area contributed by atoms with Gasteiger partial charge in [-0.05, 0) is 12.8 Å². The van der Waals surface area contributed by atoms with Gasteiger partial charge in [-0.2, -0.15) is 12.1 Å². The first-order valence-corrected chi connectivity index (χ1v) is 12.1. The smallest absolute Gasteiger partial charge is 1.00 e. The number of halogens is 2. The van der Waals surface area contributed by atoms with Gasteiger partial charge in [0.25, 0.3) is 0 Å². The van der Waals surface area contributed by atoms with Crippen LogP contribution in [0.25, 0.3) is 21.5 Å². The molecule has 4 heteroatoms. The van der Waals surface area contributed by atoms with Crippen LogP contribution in [0.3, 0.4) is 0 Å². The molecule has 0 spiro atoms. The van der Waals surface area contributed by atoms with Crippen LogP contribution in [0, 0.1) is 0 Å². The second-order valence-electron chi connectivity index (χ2n) is 6.99. The molecule has 0 aliphatic rings. The molecule has 0 aliphatic heterocycles. The fourth-order valence-corrected chi connectivity index (χ4v) is 3.30. The molecule has 0 saturated heterocycles. The number of fused-ring (bicyclic) bond motifs is 2. The first-order chi connectivity index (χ1) is 13.2. The maximum absolute atomic E-state index is 2.29. The second kappa shape index (κ2) is 18.8. The topological polar surface area (TPSA) is 0 Å². The molecule has 0 aromatic heterocycles. The van der Waals surface area contributed by atoms with E-state index in [1.54, 1.807) is 0 Å². The predicted molar refractivity (Wildman–Crippen MR) is 125 cm³/mol. The summed E-state index contributed by atoms with van der Waals surface area (Å²) < 4.78 is 0. The van der Waals surface area contributed by atoms with Gasteiger partial charge in [0.05, 0.1) is 0 Å². The summed E-state index contributed by atoms with van der Waals surface area (Å²) in [5.74, 6) is 0. The van der Waals surface area contributed by atoms with Gasteiger partial charge in [0.2, 0.25) is 0 Å². The monoisotopic (exact) mass is 716 g/mol. The maximum Gasteiger partial charge on any atom is 4.00 e. The number of hydrogen-bond donors (Lipinski definition) is 0. The Kier molecular flexibility index (Phi) is 20.3. The standard InChI is InChI=1S/2C12H13.C2H6Si.2HI.Zr/c2*1-2-5-10-8-11-6-3-4-7-12(11)9-10;1-3-2;;;/h2*3-4,6-9H,2,5H2,1H3;1-2H3;2*1H;/q2*-1;;;;+4/p-2. The SMILES string of the molecule is CCCc1cc2ccccc2[cH-]1.CCCc1cc2ccccc2[cH-]1.C[Si]C.[I-].[I-].[Zr+4]. The molecule has 2 radical (unpaired) electrons. The molecule has 4 aromatic rings. The van der Waals surface area contributed by atoms with Gasteiger partial charge >= 0.3 is 26.2 Å². The van der Waals surface area contributed by atoms with Crippen LogP contribution in [0.4, 0.5) is 0 Å². The molecular formula is C26H32I2SiZr. The summed E-state index contributed by atoms with van der Waals surface area (Å²) in [7, 11) is 1.08. The number of hydrogen-bond acceptors (Lipinski definition) is 0. The van der Waals surface area contributed by atoms with Crippen LogP contribution < -0.4 is 48.0 Å². The van der Waals surface area contributed by atoms with E-state index >= 15 is 0 Å². The van der Waals surface area contributed by atoms with Crippen LogP contribution in [-0.4, -0.2) is 9.52 Å². The van der Waals surface area contributed by atoms with Crippen molar-refractivity contribution in [3.05, 3.63) is 83.9 Å². The van der Waals surface area contributed by atoms with Crippen molar-refractivity contribution in [3.8, 4) is 0 Å². The van der Waals surface area contributed by atoms with Gasteiger partial charge in [-0.3, -0.25) is 0 Å². The van der Waals surface area contributed by atoms with Crippen LogP contribution >= 0.6 is 0 Å². The van der Waals surface area contributed by atoms with Gasteiger partial charge in [-0.15, -0.1) is 81.2 Å². The van der Waals surface area contributed by atoms with Crippen molar-refractivity contribution in [1.29, 1.82) is 0 Å². The Morgan fingerprint density at radius 1 is 0.667 bits per heavy atom. The van der Waals surface area contributed by atoms with Crippen molar-refractivity contribution in [3.63, 3.8) is 0 Å². The summed E-state index contributed by atoms with van der Waals surface area (Å²) in [5.41, 5.74) is 2.94. The van der Waals surface area contributed by atoms with E-state index in [-0.39, 0.29) is 74.2 Å². The fraction of sp³-hybridized carbons (Fsp3) is 0.308. The Bertz CT molecular complexity index is 785. The molecule has 0 heterocycles. The van der Waals surface area contributed by atoms with E-state index in [1.165, 1.54) is 58.4 Å². The van der Waals surface area contributed by atoms with Crippen LogP contribution in [0.2, 0.25) is 13.1 Å². The van der Waals surface area contributed by atoms with Gasteiger partial charge in [0.15, 0.2) is 0 Å². The Labute approximate surface area is 239 Å². The van der Waals surface area contributed by atoms with Crippen molar-refractivity contribution in [2.75, 3.05) is 0 Å². The summed E-state index contributed by atoms with van der Waals surface area (Å²) in [4.78, 5) is 0. The Morgan fingerprint density at radius 2 is 1.00 bits per heavy atom. The molecule has 4 aromatic carbocycles. The van der Waals surface area contributed by atoms with Gasteiger partial charge < -0.3 is 48.0 Å². The van der Waals surface area contributed by atoms with Gasteiger partial charge in [0, 0.05) is 9.52 Å². The first-order valence-electron chi connectivity index (χ1n) is 10.1.